The molecule has 0 spiro atoms. The molecule has 1 heterocycles. The molecule has 0 amide bonds. The van der Waals surface area contributed by atoms with Crippen LogP contribution in [0.3, 0.4) is 0 Å². The number of halogens is 1. The fourth-order valence-electron chi connectivity index (χ4n) is 2.34. The topological polar surface area (TPSA) is 43.8 Å². The molecule has 110 valence electrons. The van der Waals surface area contributed by atoms with Crippen LogP contribution in [0, 0.1) is 0 Å². The Morgan fingerprint density at radius 2 is 2.00 bits per heavy atom. The van der Waals surface area contributed by atoms with Gasteiger partial charge in [0.15, 0.2) is 0 Å². The van der Waals surface area contributed by atoms with E-state index in [0.717, 1.165) is 22.5 Å². The summed E-state index contributed by atoms with van der Waals surface area (Å²) < 4.78 is 2.06. The van der Waals surface area contributed by atoms with Crippen LogP contribution in [0.2, 0.25) is 5.02 Å². The predicted molar refractivity (Wildman–Crippen MR) is 94.1 cm³/mol. The average Bonchev–Trinajstić information content (AvgIpc) is 2.96. The molecule has 0 radical (unpaired) electrons. The zero-order chi connectivity index (χ0) is 15.5. The minimum atomic E-state index is 0.402. The van der Waals surface area contributed by atoms with Crippen molar-refractivity contribution in [3.8, 4) is 11.4 Å². The van der Waals surface area contributed by atoms with Gasteiger partial charge in [-0.25, -0.2) is 4.98 Å². The molecular formula is C17H14ClN3S. The molecular weight excluding hydrogens is 314 g/mol. The van der Waals surface area contributed by atoms with Gasteiger partial charge in [0, 0.05) is 30.1 Å². The van der Waals surface area contributed by atoms with Gasteiger partial charge in [0.25, 0.3) is 0 Å². The summed E-state index contributed by atoms with van der Waals surface area (Å²) in [5.41, 5.74) is 8.58. The van der Waals surface area contributed by atoms with Crippen molar-refractivity contribution in [1.82, 2.24) is 9.55 Å². The Morgan fingerprint density at radius 1 is 1.18 bits per heavy atom. The Hall–Kier alpha value is -2.17. The van der Waals surface area contributed by atoms with Crippen LogP contribution in [0.4, 0.5) is 0 Å². The molecule has 0 saturated carbocycles. The molecule has 0 aliphatic rings. The first-order valence-corrected chi connectivity index (χ1v) is 7.58. The normalized spacial score (nSPS) is 10.6. The molecule has 5 heteroatoms. The molecule has 0 bridgehead atoms. The second-order valence-corrected chi connectivity index (χ2v) is 5.77. The van der Waals surface area contributed by atoms with Crippen LogP contribution in [0.5, 0.6) is 0 Å². The second-order valence-electron chi connectivity index (χ2n) is 4.92. The number of aromatic nitrogens is 2. The molecule has 3 aromatic rings. The Kier molecular flexibility index (Phi) is 4.22. The maximum Gasteiger partial charge on any atom is 0.141 e. The fourth-order valence-corrected chi connectivity index (χ4v) is 2.69. The number of rotatable bonds is 4. The van der Waals surface area contributed by atoms with E-state index in [4.69, 9.17) is 29.6 Å². The minimum Gasteiger partial charge on any atom is -0.389 e. The second kappa shape index (κ2) is 6.30. The lowest BCUT2D eigenvalue weighted by Gasteiger charge is -2.10. The molecule has 22 heavy (non-hydrogen) atoms. The maximum atomic E-state index is 6.27. The van der Waals surface area contributed by atoms with Crippen LogP contribution in [-0.2, 0) is 6.54 Å². The zero-order valence-corrected chi connectivity index (χ0v) is 13.3. The summed E-state index contributed by atoms with van der Waals surface area (Å²) in [6.45, 7) is 0.678. The summed E-state index contributed by atoms with van der Waals surface area (Å²) in [6, 6.07) is 15.6. The highest BCUT2D eigenvalue weighted by atomic mass is 35.5. The molecule has 3 rings (SSSR count). The zero-order valence-electron chi connectivity index (χ0n) is 11.7. The van der Waals surface area contributed by atoms with Crippen molar-refractivity contribution in [2.45, 2.75) is 6.54 Å². The van der Waals surface area contributed by atoms with Crippen LogP contribution in [0.25, 0.3) is 11.4 Å². The van der Waals surface area contributed by atoms with Gasteiger partial charge in [-0.05, 0) is 23.8 Å². The van der Waals surface area contributed by atoms with Crippen LogP contribution >= 0.6 is 23.8 Å². The molecule has 2 aromatic carbocycles. The first-order chi connectivity index (χ1) is 10.6. The molecule has 3 nitrogen and oxygen atoms in total. The van der Waals surface area contributed by atoms with E-state index in [9.17, 15) is 0 Å². The molecule has 0 unspecified atom stereocenters. The lowest BCUT2D eigenvalue weighted by molar-refractivity contribution is 0.807. The standard InChI is InChI=1S/C17H14ClN3S/c18-15-7-2-1-6-14(15)17-20-8-9-21(17)11-12-4-3-5-13(10-12)16(19)22/h1-10H,11H2,(H2,19,22). The lowest BCUT2D eigenvalue weighted by atomic mass is 10.1. The van der Waals surface area contributed by atoms with Gasteiger partial charge in [-0.3, -0.25) is 0 Å². The Balaban J connectivity index is 1.95. The largest absolute Gasteiger partial charge is 0.389 e. The Bertz CT molecular complexity index is 826. The van der Waals surface area contributed by atoms with Crippen molar-refractivity contribution in [1.29, 1.82) is 0 Å². The number of hydrogen-bond acceptors (Lipinski definition) is 2. The Labute approximate surface area is 139 Å². The van der Waals surface area contributed by atoms with Gasteiger partial charge in [-0.15, -0.1) is 0 Å². The third-order valence-corrected chi connectivity index (χ3v) is 3.96. The minimum absolute atomic E-state index is 0.402. The highest BCUT2D eigenvalue weighted by Crippen LogP contribution is 2.26. The van der Waals surface area contributed by atoms with E-state index in [1.165, 1.54) is 0 Å². The van der Waals surface area contributed by atoms with E-state index in [2.05, 4.69) is 9.55 Å². The number of benzene rings is 2. The van der Waals surface area contributed by atoms with Crippen molar-refractivity contribution in [2.24, 2.45) is 5.73 Å². The van der Waals surface area contributed by atoms with Gasteiger partial charge in [-0.1, -0.05) is 54.2 Å². The van der Waals surface area contributed by atoms with Crippen molar-refractivity contribution >= 4 is 28.8 Å². The third kappa shape index (κ3) is 3.03. The summed E-state index contributed by atoms with van der Waals surface area (Å²) in [4.78, 5) is 4.83. The monoisotopic (exact) mass is 327 g/mol. The first-order valence-electron chi connectivity index (χ1n) is 6.80. The van der Waals surface area contributed by atoms with Crippen LogP contribution < -0.4 is 5.73 Å². The molecule has 0 aliphatic heterocycles. The SMILES string of the molecule is NC(=S)c1cccc(Cn2ccnc2-c2ccccc2Cl)c1. The number of nitrogens with two attached hydrogens (primary N) is 1. The third-order valence-electron chi connectivity index (χ3n) is 3.39. The van der Waals surface area contributed by atoms with Crippen molar-refractivity contribution < 1.29 is 0 Å². The van der Waals surface area contributed by atoms with Crippen molar-refractivity contribution in [2.75, 3.05) is 0 Å². The molecule has 2 N–H and O–H groups in total. The Morgan fingerprint density at radius 3 is 2.77 bits per heavy atom. The maximum absolute atomic E-state index is 6.27. The molecule has 0 aliphatic carbocycles. The van der Waals surface area contributed by atoms with E-state index in [0.29, 0.717) is 16.6 Å². The lowest BCUT2D eigenvalue weighted by Crippen LogP contribution is -2.10. The van der Waals surface area contributed by atoms with E-state index in [1.807, 2.05) is 54.7 Å². The van der Waals surface area contributed by atoms with E-state index >= 15 is 0 Å². The summed E-state index contributed by atoms with van der Waals surface area (Å²) >= 11 is 11.3. The van der Waals surface area contributed by atoms with E-state index < -0.39 is 0 Å². The van der Waals surface area contributed by atoms with Crippen LogP contribution in [-0.4, -0.2) is 14.5 Å². The molecule has 1 aromatic heterocycles. The van der Waals surface area contributed by atoms with Gasteiger partial charge < -0.3 is 10.3 Å². The van der Waals surface area contributed by atoms with Crippen LogP contribution in [0.1, 0.15) is 11.1 Å². The molecule has 0 fully saturated rings. The van der Waals surface area contributed by atoms with Crippen molar-refractivity contribution in [3.63, 3.8) is 0 Å². The highest BCUT2D eigenvalue weighted by Gasteiger charge is 2.10. The van der Waals surface area contributed by atoms with Crippen molar-refractivity contribution in [3.05, 3.63) is 77.1 Å². The van der Waals surface area contributed by atoms with Crippen LogP contribution in [0.15, 0.2) is 60.9 Å². The van der Waals surface area contributed by atoms with Gasteiger partial charge in [0.05, 0.1) is 5.02 Å². The van der Waals surface area contributed by atoms with Gasteiger partial charge in [0.2, 0.25) is 0 Å². The quantitative estimate of drug-likeness (QED) is 0.739. The van der Waals surface area contributed by atoms with Gasteiger partial charge in [-0.2, -0.15) is 0 Å². The summed E-state index contributed by atoms with van der Waals surface area (Å²) in [7, 11) is 0. The number of hydrogen-bond donors (Lipinski definition) is 1. The average molecular weight is 328 g/mol. The smallest absolute Gasteiger partial charge is 0.141 e. The number of nitrogens with zero attached hydrogens (tertiary/aromatic N) is 2. The first kappa shape index (κ1) is 14.8. The summed E-state index contributed by atoms with van der Waals surface area (Å²) in [6.07, 6.45) is 3.71. The predicted octanol–water partition coefficient (Wildman–Crippen LogP) is 3.89. The van der Waals surface area contributed by atoms with Gasteiger partial charge in [0.1, 0.15) is 10.8 Å². The van der Waals surface area contributed by atoms with E-state index in [-0.39, 0.29) is 0 Å². The highest BCUT2D eigenvalue weighted by molar-refractivity contribution is 7.80. The fraction of sp³-hybridized carbons (Fsp3) is 0.0588. The van der Waals surface area contributed by atoms with E-state index in [1.54, 1.807) is 6.20 Å². The summed E-state index contributed by atoms with van der Waals surface area (Å²) in [5.74, 6) is 0.839. The number of imidazole rings is 1. The van der Waals surface area contributed by atoms with Gasteiger partial charge >= 0.3 is 0 Å². The molecule has 0 atom stereocenters. The molecule has 0 saturated heterocycles. The number of thiocarbonyl (C=S) groups is 1. The summed E-state index contributed by atoms with van der Waals surface area (Å²) in [5, 5.41) is 0.687.